The molecule has 0 atom stereocenters. The van der Waals surface area contributed by atoms with Crippen LogP contribution in [0.2, 0.25) is 0 Å². The molecule has 0 amide bonds. The summed E-state index contributed by atoms with van der Waals surface area (Å²) >= 11 is 0.636. The molecule has 2 aromatic rings. The molecule has 0 bridgehead atoms. The highest BCUT2D eigenvalue weighted by Crippen LogP contribution is 2.28. The summed E-state index contributed by atoms with van der Waals surface area (Å²) in [5, 5.41) is 0. The lowest BCUT2D eigenvalue weighted by Gasteiger charge is -2.10. The Balaban J connectivity index is 2.41. The fourth-order valence-corrected chi connectivity index (χ4v) is 4.06. The van der Waals surface area contributed by atoms with Crippen molar-refractivity contribution in [2.45, 2.75) is 11.1 Å². The number of benzene rings is 1. The number of aromatic nitrogens is 1. The molecule has 0 radical (unpaired) electrons. The number of sulfonamides is 1. The minimum absolute atomic E-state index is 0.0470. The van der Waals surface area contributed by atoms with Crippen LogP contribution in [0, 0.1) is 6.92 Å². The van der Waals surface area contributed by atoms with E-state index in [2.05, 4.69) is 9.71 Å². The normalized spacial score (nSPS) is 11.2. The first-order chi connectivity index (χ1) is 9.85. The van der Waals surface area contributed by atoms with Gasteiger partial charge in [-0.05, 0) is 6.92 Å². The summed E-state index contributed by atoms with van der Waals surface area (Å²) in [6.45, 7) is 1.53. The van der Waals surface area contributed by atoms with Gasteiger partial charge in [-0.25, -0.2) is 8.42 Å². The number of anilines is 1. The van der Waals surface area contributed by atoms with Crippen LogP contribution in [0.5, 0.6) is 11.5 Å². The Morgan fingerprint density at radius 2 is 1.71 bits per heavy atom. The Hall–Kier alpha value is -2.00. The number of methoxy groups -OCH3 is 2. The topological polar surface area (TPSA) is 97.5 Å². The van der Waals surface area contributed by atoms with Crippen LogP contribution >= 0.6 is 11.3 Å². The molecule has 0 aliphatic heterocycles. The van der Waals surface area contributed by atoms with Crippen molar-refractivity contribution >= 4 is 27.0 Å². The number of hydrogen-bond donors (Lipinski definition) is 2. The zero-order chi connectivity index (χ0) is 15.6. The van der Waals surface area contributed by atoms with E-state index in [1.807, 2.05) is 0 Å². The van der Waals surface area contributed by atoms with Crippen LogP contribution < -0.4 is 19.1 Å². The third-order valence-electron chi connectivity index (χ3n) is 2.63. The van der Waals surface area contributed by atoms with E-state index in [0.717, 1.165) is 0 Å². The Morgan fingerprint density at radius 3 is 2.14 bits per heavy atom. The van der Waals surface area contributed by atoms with E-state index in [-0.39, 0.29) is 9.90 Å². The van der Waals surface area contributed by atoms with Gasteiger partial charge in [0.05, 0.1) is 19.9 Å². The largest absolute Gasteiger partial charge is 0.497 e. The minimum atomic E-state index is -3.85. The van der Waals surface area contributed by atoms with Gasteiger partial charge in [-0.15, -0.1) is 0 Å². The zero-order valence-corrected chi connectivity index (χ0v) is 13.2. The summed E-state index contributed by atoms with van der Waals surface area (Å²) < 4.78 is 37.1. The molecule has 0 fully saturated rings. The van der Waals surface area contributed by atoms with E-state index >= 15 is 0 Å². The molecule has 1 aromatic heterocycles. The number of aromatic amines is 1. The van der Waals surface area contributed by atoms with Crippen LogP contribution in [0.3, 0.4) is 0 Å². The van der Waals surface area contributed by atoms with Crippen molar-refractivity contribution in [2.24, 2.45) is 0 Å². The molecule has 1 heterocycles. The van der Waals surface area contributed by atoms with Gasteiger partial charge in [-0.2, -0.15) is 0 Å². The first-order valence-electron chi connectivity index (χ1n) is 5.81. The quantitative estimate of drug-likeness (QED) is 0.867. The number of aryl methyl sites for hydroxylation is 1. The van der Waals surface area contributed by atoms with Crippen LogP contribution in [0.1, 0.15) is 5.69 Å². The average Bonchev–Trinajstić information content (AvgIpc) is 2.77. The molecule has 0 spiro atoms. The second-order valence-electron chi connectivity index (χ2n) is 4.13. The van der Waals surface area contributed by atoms with E-state index in [0.29, 0.717) is 28.5 Å². The van der Waals surface area contributed by atoms with Crippen molar-refractivity contribution in [2.75, 3.05) is 18.9 Å². The summed E-state index contributed by atoms with van der Waals surface area (Å²) in [6, 6.07) is 4.66. The molecule has 0 aliphatic carbocycles. The van der Waals surface area contributed by atoms with Gasteiger partial charge in [0.2, 0.25) is 0 Å². The van der Waals surface area contributed by atoms with Gasteiger partial charge in [0.1, 0.15) is 11.5 Å². The van der Waals surface area contributed by atoms with Crippen LogP contribution in [0.4, 0.5) is 5.69 Å². The molecule has 2 N–H and O–H groups in total. The predicted octanol–water partition coefficient (Wildman–Crippen LogP) is 1.56. The maximum Gasteiger partial charge on any atom is 0.306 e. The van der Waals surface area contributed by atoms with Crippen LogP contribution in [-0.2, 0) is 10.0 Å². The van der Waals surface area contributed by atoms with Crippen molar-refractivity contribution in [1.82, 2.24) is 4.98 Å². The molecule has 0 unspecified atom stereocenters. The van der Waals surface area contributed by atoms with Gasteiger partial charge in [0, 0.05) is 23.9 Å². The maximum absolute atomic E-state index is 12.3. The Bertz CT molecular complexity index is 785. The number of nitrogens with one attached hydrogen (secondary N) is 2. The summed E-state index contributed by atoms with van der Waals surface area (Å²) in [5.41, 5.74) is 0.582. The van der Waals surface area contributed by atoms with E-state index in [9.17, 15) is 13.2 Å². The first kappa shape index (κ1) is 15.4. The molecular weight excluding hydrogens is 316 g/mol. The number of rotatable bonds is 5. The fourth-order valence-electron chi connectivity index (χ4n) is 1.71. The lowest BCUT2D eigenvalue weighted by Crippen LogP contribution is -2.12. The Kier molecular flexibility index (Phi) is 4.24. The molecular formula is C12H14N2O5S2. The van der Waals surface area contributed by atoms with Crippen LogP contribution in [0.25, 0.3) is 0 Å². The van der Waals surface area contributed by atoms with Gasteiger partial charge in [0.15, 0.2) is 4.21 Å². The van der Waals surface area contributed by atoms with Gasteiger partial charge in [0.25, 0.3) is 10.0 Å². The van der Waals surface area contributed by atoms with Gasteiger partial charge < -0.3 is 14.5 Å². The Morgan fingerprint density at radius 1 is 1.14 bits per heavy atom. The molecule has 0 saturated carbocycles. The third-order valence-corrected chi connectivity index (χ3v) is 5.61. The highest BCUT2D eigenvalue weighted by molar-refractivity contribution is 7.94. The van der Waals surface area contributed by atoms with Gasteiger partial charge >= 0.3 is 4.87 Å². The lowest BCUT2D eigenvalue weighted by atomic mass is 10.3. The summed E-state index contributed by atoms with van der Waals surface area (Å²) in [5.74, 6) is 0.900. The average molecular weight is 330 g/mol. The molecule has 0 saturated heterocycles. The lowest BCUT2D eigenvalue weighted by molar-refractivity contribution is 0.395. The van der Waals surface area contributed by atoms with Crippen molar-refractivity contribution in [3.8, 4) is 11.5 Å². The minimum Gasteiger partial charge on any atom is -0.497 e. The summed E-state index contributed by atoms with van der Waals surface area (Å²) in [7, 11) is -0.912. The zero-order valence-electron chi connectivity index (χ0n) is 11.6. The number of hydrogen-bond acceptors (Lipinski definition) is 6. The highest BCUT2D eigenvalue weighted by atomic mass is 32.2. The molecule has 2 rings (SSSR count). The third kappa shape index (κ3) is 3.37. The SMILES string of the molecule is COc1cc(NS(=O)(=O)c2sc(=O)[nH]c2C)cc(OC)c1. The summed E-state index contributed by atoms with van der Waals surface area (Å²) in [6.07, 6.45) is 0. The van der Waals surface area contributed by atoms with E-state index < -0.39 is 14.9 Å². The molecule has 7 nitrogen and oxygen atoms in total. The highest BCUT2D eigenvalue weighted by Gasteiger charge is 2.21. The van der Waals surface area contributed by atoms with Crippen LogP contribution in [0.15, 0.2) is 27.2 Å². The van der Waals surface area contributed by atoms with Crippen molar-refractivity contribution in [3.05, 3.63) is 33.6 Å². The standard InChI is InChI=1S/C12H14N2O5S2/c1-7-11(20-12(15)13-7)21(16,17)14-8-4-9(18-2)6-10(5-8)19-3/h4-6,14H,1-3H3,(H,13,15). The first-order valence-corrected chi connectivity index (χ1v) is 8.11. The number of ether oxygens (including phenoxy) is 2. The molecule has 21 heavy (non-hydrogen) atoms. The Labute approximate surface area is 125 Å². The van der Waals surface area contributed by atoms with Crippen molar-refractivity contribution in [3.63, 3.8) is 0 Å². The summed E-state index contributed by atoms with van der Waals surface area (Å²) in [4.78, 5) is 13.3. The second kappa shape index (κ2) is 5.78. The van der Waals surface area contributed by atoms with Crippen LogP contribution in [-0.4, -0.2) is 27.6 Å². The van der Waals surface area contributed by atoms with Crippen molar-refractivity contribution in [1.29, 1.82) is 0 Å². The van der Waals surface area contributed by atoms with Gasteiger partial charge in [-0.3, -0.25) is 9.52 Å². The molecule has 114 valence electrons. The van der Waals surface area contributed by atoms with Gasteiger partial charge in [-0.1, -0.05) is 11.3 Å². The molecule has 1 aromatic carbocycles. The molecule has 0 aliphatic rings. The monoisotopic (exact) mass is 330 g/mol. The smallest absolute Gasteiger partial charge is 0.306 e. The fraction of sp³-hybridized carbons (Fsp3) is 0.250. The van der Waals surface area contributed by atoms with E-state index in [1.54, 1.807) is 6.07 Å². The van der Waals surface area contributed by atoms with E-state index in [1.165, 1.54) is 33.3 Å². The second-order valence-corrected chi connectivity index (χ2v) is 6.99. The van der Waals surface area contributed by atoms with Crippen molar-refractivity contribution < 1.29 is 17.9 Å². The molecule has 9 heteroatoms. The predicted molar refractivity (Wildman–Crippen MR) is 80.0 cm³/mol. The van der Waals surface area contributed by atoms with E-state index in [4.69, 9.17) is 9.47 Å². The maximum atomic E-state index is 12.3. The number of H-pyrrole nitrogens is 1. The number of thiazole rings is 1.